The Hall–Kier alpha value is -0.0600. The van der Waals surface area contributed by atoms with Crippen molar-refractivity contribution >= 4 is 26.1 Å². The number of hydrogen-bond acceptors (Lipinski definition) is 0. The molecule has 0 aliphatic heterocycles. The summed E-state index contributed by atoms with van der Waals surface area (Å²) in [5, 5.41) is 2.00. The maximum absolute atomic E-state index is 5.80. The van der Waals surface area contributed by atoms with Crippen molar-refractivity contribution in [2.75, 3.05) is 0 Å². The molecule has 0 saturated heterocycles. The summed E-state index contributed by atoms with van der Waals surface area (Å²) in [7, 11) is 2.64. The molecule has 0 bridgehead atoms. The number of rotatable bonds is 0. The van der Waals surface area contributed by atoms with E-state index in [-0.39, 0.29) is 0 Å². The minimum atomic E-state index is 0.836. The second kappa shape index (κ2) is 2.68. The maximum Gasteiger partial charge on any atom is 0.0441 e. The van der Waals surface area contributed by atoms with Gasteiger partial charge in [-0.3, -0.25) is 0 Å². The average Bonchev–Trinajstić information content (AvgIpc) is 1.83. The predicted octanol–water partition coefficient (Wildman–Crippen LogP) is 2.15. The Morgan fingerprint density at radius 1 is 1.44 bits per heavy atom. The third-order valence-electron chi connectivity index (χ3n) is 1.31. The molecule has 0 aliphatic carbocycles. The number of hydrogen-bond donors (Lipinski definition) is 0. The van der Waals surface area contributed by atoms with Crippen molar-refractivity contribution < 1.29 is 0 Å². The second-order valence-electron chi connectivity index (χ2n) is 1.95. The number of halogens is 1. The van der Waals surface area contributed by atoms with Gasteiger partial charge in [0.2, 0.25) is 0 Å². The highest BCUT2D eigenvalue weighted by Gasteiger charge is 1.94. The zero-order chi connectivity index (χ0) is 6.85. The van der Waals surface area contributed by atoms with E-state index in [4.69, 9.17) is 11.6 Å². The molecule has 0 aromatic heterocycles. The Kier molecular flexibility index (Phi) is 2.10. The molecule has 0 N–H and O–H groups in total. The van der Waals surface area contributed by atoms with Gasteiger partial charge in [-0.1, -0.05) is 23.7 Å². The van der Waals surface area contributed by atoms with Crippen LogP contribution in [0.25, 0.3) is 0 Å². The molecular formula is C7H8ClP. The minimum Gasteiger partial charge on any atom is -0.105 e. The highest BCUT2D eigenvalue weighted by Crippen LogP contribution is 2.12. The fourth-order valence-corrected chi connectivity index (χ4v) is 1.16. The van der Waals surface area contributed by atoms with Crippen LogP contribution >= 0.6 is 20.8 Å². The normalized spacial score (nSPS) is 9.67. The van der Waals surface area contributed by atoms with E-state index in [1.165, 1.54) is 5.30 Å². The summed E-state index contributed by atoms with van der Waals surface area (Å²) in [4.78, 5) is 0. The molecule has 0 fully saturated rings. The van der Waals surface area contributed by atoms with Gasteiger partial charge in [-0.15, -0.1) is 9.24 Å². The molecule has 48 valence electrons. The highest BCUT2D eigenvalue weighted by atomic mass is 35.5. The third kappa shape index (κ3) is 1.44. The monoisotopic (exact) mass is 158 g/mol. The lowest BCUT2D eigenvalue weighted by Crippen LogP contribution is -1.94. The molecule has 1 aromatic rings. The van der Waals surface area contributed by atoms with Gasteiger partial charge < -0.3 is 0 Å². The molecule has 0 amide bonds. The van der Waals surface area contributed by atoms with Crippen molar-refractivity contribution in [3.63, 3.8) is 0 Å². The molecule has 0 aliphatic rings. The van der Waals surface area contributed by atoms with Crippen LogP contribution in [-0.4, -0.2) is 0 Å². The van der Waals surface area contributed by atoms with Crippen LogP contribution in [0.4, 0.5) is 0 Å². The van der Waals surface area contributed by atoms with Gasteiger partial charge in [0.15, 0.2) is 0 Å². The van der Waals surface area contributed by atoms with Gasteiger partial charge in [-0.05, 0) is 23.9 Å². The van der Waals surface area contributed by atoms with Gasteiger partial charge in [0, 0.05) is 5.02 Å². The Balaban J connectivity index is 3.25. The molecule has 0 heterocycles. The molecule has 0 radical (unpaired) electrons. The van der Waals surface area contributed by atoms with Crippen LogP contribution in [0.1, 0.15) is 5.56 Å². The van der Waals surface area contributed by atoms with Gasteiger partial charge in [0.25, 0.3) is 0 Å². The first-order valence-corrected chi connectivity index (χ1v) is 3.68. The lowest BCUT2D eigenvalue weighted by molar-refractivity contribution is 1.52. The van der Waals surface area contributed by atoms with E-state index in [9.17, 15) is 0 Å². The molecule has 9 heavy (non-hydrogen) atoms. The van der Waals surface area contributed by atoms with E-state index in [1.807, 2.05) is 25.1 Å². The van der Waals surface area contributed by atoms with E-state index in [0.717, 1.165) is 10.6 Å². The molecule has 1 unspecified atom stereocenters. The van der Waals surface area contributed by atoms with E-state index < -0.39 is 0 Å². The Morgan fingerprint density at radius 3 is 2.56 bits per heavy atom. The summed E-state index contributed by atoms with van der Waals surface area (Å²) in [5.74, 6) is 0. The molecule has 0 spiro atoms. The number of benzene rings is 1. The molecule has 0 nitrogen and oxygen atoms in total. The summed E-state index contributed by atoms with van der Waals surface area (Å²) >= 11 is 5.80. The summed E-state index contributed by atoms with van der Waals surface area (Å²) < 4.78 is 0. The van der Waals surface area contributed by atoms with Crippen LogP contribution in [0.5, 0.6) is 0 Å². The molecule has 2 heteroatoms. The van der Waals surface area contributed by atoms with E-state index in [1.54, 1.807) is 0 Å². The first kappa shape index (κ1) is 7.05. The SMILES string of the molecule is Cc1c(P)cccc1Cl. The standard InChI is InChI=1S/C7H8ClP/c1-5-6(8)3-2-4-7(5)9/h2-4H,9H2,1H3. The van der Waals surface area contributed by atoms with Crippen molar-refractivity contribution in [1.82, 2.24) is 0 Å². The van der Waals surface area contributed by atoms with Crippen LogP contribution in [0.3, 0.4) is 0 Å². The zero-order valence-electron chi connectivity index (χ0n) is 5.19. The second-order valence-corrected chi connectivity index (χ2v) is 2.98. The lowest BCUT2D eigenvalue weighted by atomic mass is 10.2. The van der Waals surface area contributed by atoms with Gasteiger partial charge in [0.1, 0.15) is 0 Å². The van der Waals surface area contributed by atoms with Crippen molar-refractivity contribution in [3.05, 3.63) is 28.8 Å². The molecule has 1 aromatic carbocycles. The minimum absolute atomic E-state index is 0.836. The summed E-state index contributed by atoms with van der Waals surface area (Å²) in [5.41, 5.74) is 1.14. The fourth-order valence-electron chi connectivity index (χ4n) is 0.624. The van der Waals surface area contributed by atoms with E-state index in [2.05, 4.69) is 9.24 Å². The summed E-state index contributed by atoms with van der Waals surface area (Å²) in [6.45, 7) is 2.00. The van der Waals surface area contributed by atoms with Crippen molar-refractivity contribution in [3.8, 4) is 0 Å². The predicted molar refractivity (Wildman–Crippen MR) is 45.5 cm³/mol. The average molecular weight is 159 g/mol. The third-order valence-corrected chi connectivity index (χ3v) is 2.34. The topological polar surface area (TPSA) is 0 Å². The smallest absolute Gasteiger partial charge is 0.0441 e. The van der Waals surface area contributed by atoms with Crippen LogP contribution in [0.2, 0.25) is 5.02 Å². The van der Waals surface area contributed by atoms with Crippen LogP contribution in [-0.2, 0) is 0 Å². The molecule has 1 rings (SSSR count). The lowest BCUT2D eigenvalue weighted by Gasteiger charge is -1.98. The molecule has 0 saturated carbocycles. The molecule has 1 atom stereocenters. The summed E-state index contributed by atoms with van der Waals surface area (Å²) in [6, 6.07) is 5.86. The Morgan fingerprint density at radius 2 is 2.11 bits per heavy atom. The van der Waals surface area contributed by atoms with Crippen molar-refractivity contribution in [2.24, 2.45) is 0 Å². The van der Waals surface area contributed by atoms with Crippen LogP contribution in [0, 0.1) is 6.92 Å². The van der Waals surface area contributed by atoms with Crippen LogP contribution in [0.15, 0.2) is 18.2 Å². The highest BCUT2D eigenvalue weighted by molar-refractivity contribution is 7.27. The van der Waals surface area contributed by atoms with Gasteiger partial charge in [-0.25, -0.2) is 0 Å². The zero-order valence-corrected chi connectivity index (χ0v) is 7.10. The fraction of sp³-hybridized carbons (Fsp3) is 0.143. The summed E-state index contributed by atoms with van der Waals surface area (Å²) in [6.07, 6.45) is 0. The quantitative estimate of drug-likeness (QED) is 0.508. The van der Waals surface area contributed by atoms with E-state index in [0.29, 0.717) is 0 Å². The Bertz CT molecular complexity index is 200. The molecular weight excluding hydrogens is 151 g/mol. The van der Waals surface area contributed by atoms with Gasteiger partial charge in [0.05, 0.1) is 0 Å². The van der Waals surface area contributed by atoms with Gasteiger partial charge >= 0.3 is 0 Å². The van der Waals surface area contributed by atoms with Crippen LogP contribution < -0.4 is 5.30 Å². The van der Waals surface area contributed by atoms with E-state index >= 15 is 0 Å². The first-order chi connectivity index (χ1) is 4.22. The van der Waals surface area contributed by atoms with Gasteiger partial charge in [-0.2, -0.15) is 0 Å². The van der Waals surface area contributed by atoms with Crippen molar-refractivity contribution in [1.29, 1.82) is 0 Å². The maximum atomic E-state index is 5.80. The first-order valence-electron chi connectivity index (χ1n) is 2.72. The van der Waals surface area contributed by atoms with Crippen molar-refractivity contribution in [2.45, 2.75) is 6.92 Å². The largest absolute Gasteiger partial charge is 0.105 e. The Labute approximate surface area is 62.4 Å².